The van der Waals surface area contributed by atoms with Crippen LogP contribution in [0.1, 0.15) is 6.92 Å². The highest BCUT2D eigenvalue weighted by molar-refractivity contribution is 7.80. The van der Waals surface area contributed by atoms with E-state index in [9.17, 15) is 4.79 Å². The second-order valence-electron chi connectivity index (χ2n) is 2.98. The first kappa shape index (κ1) is 13.1. The standard InChI is InChI=1S/C11H13N3O2S/c1-3-12-8-6-4-5-7-9(8)13-10(17)14-11(15)16-2/h3-7H,1-2H3,(H2,13,14,15,17)/b12-3-. The predicted molar refractivity (Wildman–Crippen MR) is 72.0 cm³/mol. The number of anilines is 1. The van der Waals surface area contributed by atoms with Gasteiger partial charge in [-0.2, -0.15) is 0 Å². The largest absolute Gasteiger partial charge is 0.453 e. The summed E-state index contributed by atoms with van der Waals surface area (Å²) in [6.07, 6.45) is 1.07. The average molecular weight is 251 g/mol. The van der Waals surface area contributed by atoms with Crippen molar-refractivity contribution in [3.8, 4) is 0 Å². The number of carbonyl (C=O) groups is 1. The highest BCUT2D eigenvalue weighted by atomic mass is 32.1. The summed E-state index contributed by atoms with van der Waals surface area (Å²) >= 11 is 4.95. The molecule has 6 heteroatoms. The Morgan fingerprint density at radius 1 is 1.47 bits per heavy atom. The Bertz CT molecular complexity index is 446. The van der Waals surface area contributed by atoms with Gasteiger partial charge in [0.1, 0.15) is 0 Å². The minimum Gasteiger partial charge on any atom is -0.453 e. The Balaban J connectivity index is 2.74. The van der Waals surface area contributed by atoms with Gasteiger partial charge < -0.3 is 10.1 Å². The van der Waals surface area contributed by atoms with Crippen molar-refractivity contribution in [2.45, 2.75) is 6.92 Å². The van der Waals surface area contributed by atoms with Crippen LogP contribution in [0.5, 0.6) is 0 Å². The summed E-state index contributed by atoms with van der Waals surface area (Å²) in [5.74, 6) is 0. The molecule has 0 atom stereocenters. The first-order chi connectivity index (χ1) is 8.17. The summed E-state index contributed by atoms with van der Waals surface area (Å²) in [6.45, 7) is 1.82. The van der Waals surface area contributed by atoms with Gasteiger partial charge in [0.05, 0.1) is 18.5 Å². The van der Waals surface area contributed by atoms with Gasteiger partial charge in [0.2, 0.25) is 0 Å². The molecule has 90 valence electrons. The Hall–Kier alpha value is -1.95. The van der Waals surface area contributed by atoms with E-state index in [1.807, 2.05) is 31.2 Å². The lowest BCUT2D eigenvalue weighted by Gasteiger charge is -2.10. The van der Waals surface area contributed by atoms with Crippen LogP contribution in [-0.2, 0) is 4.74 Å². The molecule has 0 aliphatic heterocycles. The average Bonchev–Trinajstić information content (AvgIpc) is 2.31. The zero-order valence-corrected chi connectivity index (χ0v) is 10.4. The Morgan fingerprint density at radius 3 is 2.82 bits per heavy atom. The minimum atomic E-state index is -0.612. The number of hydrogen-bond donors (Lipinski definition) is 2. The van der Waals surface area contributed by atoms with Gasteiger partial charge in [-0.3, -0.25) is 10.3 Å². The fourth-order valence-corrected chi connectivity index (χ4v) is 1.32. The summed E-state index contributed by atoms with van der Waals surface area (Å²) in [5, 5.41) is 5.38. The number of amides is 1. The van der Waals surface area contributed by atoms with E-state index < -0.39 is 6.09 Å². The minimum absolute atomic E-state index is 0.163. The van der Waals surface area contributed by atoms with Crippen molar-refractivity contribution in [1.29, 1.82) is 0 Å². The fourth-order valence-electron chi connectivity index (χ4n) is 1.13. The molecule has 0 radical (unpaired) electrons. The molecule has 0 fully saturated rings. The van der Waals surface area contributed by atoms with Crippen LogP contribution in [0.15, 0.2) is 29.3 Å². The molecular formula is C11H13N3O2S. The van der Waals surface area contributed by atoms with Crippen molar-refractivity contribution in [2.75, 3.05) is 12.4 Å². The maximum absolute atomic E-state index is 10.9. The summed E-state index contributed by atoms with van der Waals surface area (Å²) in [7, 11) is 1.27. The van der Waals surface area contributed by atoms with Crippen LogP contribution in [0, 0.1) is 0 Å². The third-order valence-corrected chi connectivity index (χ3v) is 2.03. The lowest BCUT2D eigenvalue weighted by atomic mass is 10.3. The van der Waals surface area contributed by atoms with E-state index in [0.717, 1.165) is 5.69 Å². The van der Waals surface area contributed by atoms with Crippen LogP contribution in [-0.4, -0.2) is 24.5 Å². The smallest absolute Gasteiger partial charge is 0.413 e. The number of para-hydroxylation sites is 2. The van der Waals surface area contributed by atoms with Crippen LogP contribution >= 0.6 is 12.2 Å². The molecule has 1 rings (SSSR count). The maximum atomic E-state index is 10.9. The molecule has 0 saturated carbocycles. The molecule has 0 aliphatic rings. The molecule has 5 nitrogen and oxygen atoms in total. The van der Waals surface area contributed by atoms with Crippen molar-refractivity contribution >= 4 is 41.0 Å². The summed E-state index contributed by atoms with van der Waals surface area (Å²) < 4.78 is 4.43. The molecule has 0 heterocycles. The van der Waals surface area contributed by atoms with E-state index in [1.165, 1.54) is 7.11 Å². The first-order valence-electron chi connectivity index (χ1n) is 4.91. The van der Waals surface area contributed by atoms with Gasteiger partial charge in [-0.1, -0.05) is 12.1 Å². The quantitative estimate of drug-likeness (QED) is 0.626. The van der Waals surface area contributed by atoms with Gasteiger partial charge in [-0.05, 0) is 31.3 Å². The molecule has 2 N–H and O–H groups in total. The van der Waals surface area contributed by atoms with Crippen LogP contribution in [0.3, 0.4) is 0 Å². The number of rotatable bonds is 2. The van der Waals surface area contributed by atoms with Gasteiger partial charge in [0.15, 0.2) is 5.11 Å². The number of carbonyl (C=O) groups excluding carboxylic acids is 1. The van der Waals surface area contributed by atoms with E-state index in [1.54, 1.807) is 6.21 Å². The molecule has 0 bridgehead atoms. The monoisotopic (exact) mass is 251 g/mol. The molecular weight excluding hydrogens is 238 g/mol. The third kappa shape index (κ3) is 4.20. The summed E-state index contributed by atoms with van der Waals surface area (Å²) in [6, 6.07) is 7.36. The highest BCUT2D eigenvalue weighted by Crippen LogP contribution is 2.23. The molecule has 0 aliphatic carbocycles. The molecule has 1 aromatic carbocycles. The Kier molecular flexibility index (Phi) is 5.09. The predicted octanol–water partition coefficient (Wildman–Crippen LogP) is 2.46. The topological polar surface area (TPSA) is 62.7 Å². The zero-order chi connectivity index (χ0) is 12.7. The lowest BCUT2D eigenvalue weighted by Crippen LogP contribution is -2.33. The number of thiocarbonyl (C=S) groups is 1. The second-order valence-corrected chi connectivity index (χ2v) is 3.38. The summed E-state index contributed by atoms with van der Waals surface area (Å²) in [4.78, 5) is 15.1. The molecule has 0 unspecified atom stereocenters. The number of methoxy groups -OCH3 is 1. The second kappa shape index (κ2) is 6.59. The molecule has 0 aromatic heterocycles. The van der Waals surface area contributed by atoms with Gasteiger partial charge >= 0.3 is 6.09 Å². The molecule has 1 aromatic rings. The highest BCUT2D eigenvalue weighted by Gasteiger charge is 2.05. The van der Waals surface area contributed by atoms with E-state index >= 15 is 0 Å². The number of hydrogen-bond acceptors (Lipinski definition) is 4. The van der Waals surface area contributed by atoms with Crippen LogP contribution in [0.25, 0.3) is 0 Å². The Morgan fingerprint density at radius 2 is 2.18 bits per heavy atom. The number of ether oxygens (including phenoxy) is 1. The van der Waals surface area contributed by atoms with Crippen LogP contribution < -0.4 is 10.6 Å². The normalized spacial score (nSPS) is 10.0. The zero-order valence-electron chi connectivity index (χ0n) is 9.56. The van der Waals surface area contributed by atoms with E-state index in [2.05, 4.69) is 20.4 Å². The molecule has 0 spiro atoms. The SMILES string of the molecule is C/C=N\c1ccccc1NC(=S)NC(=O)OC. The summed E-state index contributed by atoms with van der Waals surface area (Å²) in [5.41, 5.74) is 1.45. The number of alkyl carbamates (subject to hydrolysis) is 1. The molecule has 17 heavy (non-hydrogen) atoms. The van der Waals surface area contributed by atoms with Gasteiger partial charge in [0, 0.05) is 6.21 Å². The lowest BCUT2D eigenvalue weighted by molar-refractivity contribution is 0.177. The number of benzene rings is 1. The fraction of sp³-hybridized carbons (Fsp3) is 0.182. The van der Waals surface area contributed by atoms with E-state index in [4.69, 9.17) is 12.2 Å². The van der Waals surface area contributed by atoms with Gasteiger partial charge in [-0.15, -0.1) is 0 Å². The van der Waals surface area contributed by atoms with Crippen molar-refractivity contribution in [1.82, 2.24) is 5.32 Å². The number of nitrogens with zero attached hydrogens (tertiary/aromatic N) is 1. The van der Waals surface area contributed by atoms with Crippen LogP contribution in [0.2, 0.25) is 0 Å². The van der Waals surface area contributed by atoms with Crippen molar-refractivity contribution in [3.63, 3.8) is 0 Å². The number of nitrogens with one attached hydrogen (secondary N) is 2. The van der Waals surface area contributed by atoms with E-state index in [-0.39, 0.29) is 5.11 Å². The third-order valence-electron chi connectivity index (χ3n) is 1.82. The van der Waals surface area contributed by atoms with Gasteiger partial charge in [-0.25, -0.2) is 4.79 Å². The number of aliphatic imine (C=N–C) groups is 1. The van der Waals surface area contributed by atoms with Crippen LogP contribution in [0.4, 0.5) is 16.2 Å². The van der Waals surface area contributed by atoms with E-state index in [0.29, 0.717) is 5.69 Å². The maximum Gasteiger partial charge on any atom is 0.413 e. The molecule has 1 amide bonds. The molecule has 0 saturated heterocycles. The Labute approximate surface area is 105 Å². The first-order valence-corrected chi connectivity index (χ1v) is 5.32. The van der Waals surface area contributed by atoms with Crippen molar-refractivity contribution in [3.05, 3.63) is 24.3 Å². The van der Waals surface area contributed by atoms with Gasteiger partial charge in [0.25, 0.3) is 0 Å². The van der Waals surface area contributed by atoms with Crippen molar-refractivity contribution in [2.24, 2.45) is 4.99 Å². The van der Waals surface area contributed by atoms with Crippen molar-refractivity contribution < 1.29 is 9.53 Å².